The molecule has 0 radical (unpaired) electrons. The van der Waals surface area contributed by atoms with Crippen molar-refractivity contribution in [1.82, 2.24) is 0 Å². The maximum absolute atomic E-state index is 10.3. The molecule has 17 heavy (non-hydrogen) atoms. The number of nitrogens with two attached hydrogens (primary N) is 1. The van der Waals surface area contributed by atoms with E-state index in [-0.39, 0.29) is 18.7 Å². The van der Waals surface area contributed by atoms with Crippen molar-refractivity contribution in [2.45, 2.75) is 41.5 Å². The quantitative estimate of drug-likeness (QED) is 0.656. The van der Waals surface area contributed by atoms with Gasteiger partial charge in [-0.15, -0.1) is 0 Å². The molecule has 0 unspecified atom stereocenters. The molecule has 4 N–H and O–H groups in total. The molecule has 1 aromatic carbocycles. The molecule has 100 valence electrons. The molecule has 0 bridgehead atoms. The van der Waals surface area contributed by atoms with Crippen LogP contribution in [0.3, 0.4) is 0 Å². The molecule has 0 spiro atoms. The van der Waals surface area contributed by atoms with Crippen LogP contribution < -0.4 is 5.73 Å². The predicted octanol–water partition coefficient (Wildman–Crippen LogP) is 3.75. The molecular weight excluding hydrogens is 218 g/mol. The summed E-state index contributed by atoms with van der Waals surface area (Å²) in [5.41, 5.74) is 5.48. The highest BCUT2D eigenvalue weighted by Crippen LogP contribution is 2.19. The first-order chi connectivity index (χ1) is 7.52. The maximum Gasteiger partial charge on any atom is 0.339 e. The molecule has 0 heterocycles. The van der Waals surface area contributed by atoms with E-state index in [4.69, 9.17) is 15.9 Å². The number of phenols is 1. The minimum atomic E-state index is -1.16. The van der Waals surface area contributed by atoms with Crippen molar-refractivity contribution in [2.24, 2.45) is 0 Å². The van der Waals surface area contributed by atoms with Gasteiger partial charge in [0.1, 0.15) is 11.3 Å². The lowest BCUT2D eigenvalue weighted by atomic mass is 10.2. The Morgan fingerprint density at radius 3 is 2.00 bits per heavy atom. The van der Waals surface area contributed by atoms with Crippen molar-refractivity contribution >= 4 is 11.7 Å². The van der Waals surface area contributed by atoms with Crippen LogP contribution in [0, 0.1) is 0 Å². The van der Waals surface area contributed by atoms with Crippen LogP contribution in [0.15, 0.2) is 18.2 Å². The number of carboxylic acid groups (broad SMARTS) is 1. The summed E-state index contributed by atoms with van der Waals surface area (Å²) in [6, 6.07) is 3.87. The van der Waals surface area contributed by atoms with E-state index < -0.39 is 5.97 Å². The molecule has 0 aliphatic heterocycles. The lowest BCUT2D eigenvalue weighted by Crippen LogP contribution is -1.97. The standard InChI is InChI=1S/C7H7NO3.C3H8.C2H6.CH4/c8-4-1-2-5(7(10)11)6(9)3-4;1-3-2;1-2;/h1-3,9H,8H2,(H,10,11);3H2,1-2H3;1-2H3;1H4. The zero-order valence-electron chi connectivity index (χ0n) is 10.3. The van der Waals surface area contributed by atoms with Gasteiger partial charge >= 0.3 is 5.97 Å². The monoisotopic (exact) mass is 243 g/mol. The molecule has 4 nitrogen and oxygen atoms in total. The largest absolute Gasteiger partial charge is 0.507 e. The van der Waals surface area contributed by atoms with Gasteiger partial charge in [-0.25, -0.2) is 4.79 Å². The van der Waals surface area contributed by atoms with Crippen molar-refractivity contribution in [3.05, 3.63) is 23.8 Å². The molecule has 1 rings (SSSR count). The molecule has 1 aromatic rings. The van der Waals surface area contributed by atoms with E-state index in [1.807, 2.05) is 13.8 Å². The topological polar surface area (TPSA) is 83.6 Å². The van der Waals surface area contributed by atoms with Crippen LogP contribution in [-0.2, 0) is 0 Å². The van der Waals surface area contributed by atoms with E-state index in [1.54, 1.807) is 0 Å². The molecule has 0 amide bonds. The fourth-order valence-electron chi connectivity index (χ4n) is 0.730. The third-order valence-corrected chi connectivity index (χ3v) is 1.25. The molecule has 4 heteroatoms. The Bertz CT molecular complexity index is 312. The van der Waals surface area contributed by atoms with Crippen LogP contribution in [0.2, 0.25) is 0 Å². The third-order valence-electron chi connectivity index (χ3n) is 1.25. The van der Waals surface area contributed by atoms with Gasteiger partial charge in [-0.1, -0.05) is 41.5 Å². The van der Waals surface area contributed by atoms with Crippen molar-refractivity contribution in [3.63, 3.8) is 0 Å². The summed E-state index contributed by atoms with van der Waals surface area (Å²) >= 11 is 0. The van der Waals surface area contributed by atoms with Crippen LogP contribution in [-0.4, -0.2) is 16.2 Å². The number of anilines is 1. The molecule has 0 atom stereocenters. The van der Waals surface area contributed by atoms with Crippen molar-refractivity contribution < 1.29 is 15.0 Å². The molecule has 0 aromatic heterocycles. The fraction of sp³-hybridized carbons (Fsp3) is 0.462. The first-order valence-corrected chi connectivity index (χ1v) is 5.34. The summed E-state index contributed by atoms with van der Waals surface area (Å²) in [5, 5.41) is 17.5. The number of benzene rings is 1. The number of hydrogen-bond acceptors (Lipinski definition) is 3. The van der Waals surface area contributed by atoms with Gasteiger partial charge in [-0.3, -0.25) is 0 Å². The van der Waals surface area contributed by atoms with E-state index >= 15 is 0 Å². The minimum Gasteiger partial charge on any atom is -0.507 e. The maximum atomic E-state index is 10.3. The van der Waals surface area contributed by atoms with E-state index in [1.165, 1.54) is 24.6 Å². The Kier molecular flexibility index (Phi) is 15.0. The summed E-state index contributed by atoms with van der Waals surface area (Å²) in [5.74, 6) is -1.47. The van der Waals surface area contributed by atoms with Gasteiger partial charge in [-0.2, -0.15) is 0 Å². The summed E-state index contributed by atoms with van der Waals surface area (Å²) in [6.07, 6.45) is 1.25. The highest BCUT2D eigenvalue weighted by Gasteiger charge is 2.07. The Balaban J connectivity index is -0.000000286. The Morgan fingerprint density at radius 2 is 1.71 bits per heavy atom. The summed E-state index contributed by atoms with van der Waals surface area (Å²) in [6.45, 7) is 8.25. The number of aromatic carboxylic acids is 1. The van der Waals surface area contributed by atoms with Crippen molar-refractivity contribution in [1.29, 1.82) is 0 Å². The first kappa shape index (κ1) is 20.7. The van der Waals surface area contributed by atoms with E-state index in [0.717, 1.165) is 0 Å². The normalized spacial score (nSPS) is 7.53. The van der Waals surface area contributed by atoms with Crippen molar-refractivity contribution in [3.8, 4) is 5.75 Å². The highest BCUT2D eigenvalue weighted by atomic mass is 16.4. The molecular formula is C13H25NO3. The second-order valence-corrected chi connectivity index (χ2v) is 2.79. The molecule has 0 fully saturated rings. The van der Waals surface area contributed by atoms with E-state index in [9.17, 15) is 4.79 Å². The Labute approximate surface area is 104 Å². The zero-order chi connectivity index (χ0) is 13.1. The summed E-state index contributed by atoms with van der Waals surface area (Å²) in [7, 11) is 0. The lowest BCUT2D eigenvalue weighted by molar-refractivity contribution is 0.0694. The number of aromatic hydroxyl groups is 1. The third kappa shape index (κ3) is 9.23. The zero-order valence-corrected chi connectivity index (χ0v) is 10.3. The number of carboxylic acids is 1. The van der Waals surface area contributed by atoms with Gasteiger partial charge in [0, 0.05) is 11.8 Å². The van der Waals surface area contributed by atoms with Gasteiger partial charge < -0.3 is 15.9 Å². The molecule has 0 saturated carbocycles. The number of carbonyl (C=O) groups is 1. The SMILES string of the molecule is C.CC.CCC.Nc1ccc(C(=O)O)c(O)c1. The van der Waals surface area contributed by atoms with Crippen LogP contribution in [0.4, 0.5) is 5.69 Å². The summed E-state index contributed by atoms with van der Waals surface area (Å²) in [4.78, 5) is 10.3. The predicted molar refractivity (Wildman–Crippen MR) is 73.5 cm³/mol. The average Bonchev–Trinajstić information content (AvgIpc) is 2.21. The van der Waals surface area contributed by atoms with E-state index in [0.29, 0.717) is 5.69 Å². The molecule has 0 aliphatic carbocycles. The lowest BCUT2D eigenvalue weighted by Gasteiger charge is -1.98. The van der Waals surface area contributed by atoms with E-state index in [2.05, 4.69) is 13.8 Å². The van der Waals surface area contributed by atoms with Crippen LogP contribution in [0.5, 0.6) is 5.75 Å². The van der Waals surface area contributed by atoms with Gasteiger partial charge in [0.05, 0.1) is 0 Å². The Morgan fingerprint density at radius 1 is 1.29 bits per heavy atom. The first-order valence-electron chi connectivity index (χ1n) is 5.34. The second-order valence-electron chi connectivity index (χ2n) is 2.79. The van der Waals surface area contributed by atoms with Gasteiger partial charge in [0.25, 0.3) is 0 Å². The van der Waals surface area contributed by atoms with Crippen LogP contribution in [0.1, 0.15) is 51.9 Å². The summed E-state index contributed by atoms with van der Waals surface area (Å²) < 4.78 is 0. The second kappa shape index (κ2) is 12.4. The van der Waals surface area contributed by atoms with Crippen LogP contribution in [0.25, 0.3) is 0 Å². The van der Waals surface area contributed by atoms with Gasteiger partial charge in [0.15, 0.2) is 0 Å². The molecule has 0 aliphatic rings. The van der Waals surface area contributed by atoms with Crippen LogP contribution >= 0.6 is 0 Å². The molecule has 0 saturated heterocycles. The van der Waals surface area contributed by atoms with Gasteiger partial charge in [-0.05, 0) is 12.1 Å². The highest BCUT2D eigenvalue weighted by molar-refractivity contribution is 5.91. The fourth-order valence-corrected chi connectivity index (χ4v) is 0.730. The Hall–Kier alpha value is -1.71. The van der Waals surface area contributed by atoms with Crippen molar-refractivity contribution in [2.75, 3.05) is 5.73 Å². The number of hydrogen-bond donors (Lipinski definition) is 3. The average molecular weight is 243 g/mol. The number of nitrogen functional groups attached to an aromatic ring is 1. The minimum absolute atomic E-state index is 0. The van der Waals surface area contributed by atoms with Gasteiger partial charge in [0.2, 0.25) is 0 Å². The smallest absolute Gasteiger partial charge is 0.339 e. The number of rotatable bonds is 1.